The van der Waals surface area contributed by atoms with Crippen LogP contribution in [0.4, 0.5) is 20.7 Å². The highest BCUT2D eigenvalue weighted by atomic mass is 79.9. The number of benzene rings is 1. The molecule has 0 unspecified atom stereocenters. The summed E-state index contributed by atoms with van der Waals surface area (Å²) < 4.78 is 19.8. The van der Waals surface area contributed by atoms with E-state index in [1.165, 1.54) is 12.1 Å². The number of quaternary nitrogens is 1. The van der Waals surface area contributed by atoms with Crippen LogP contribution in [0.25, 0.3) is 5.65 Å². The van der Waals surface area contributed by atoms with E-state index in [9.17, 15) is 9.18 Å². The van der Waals surface area contributed by atoms with Gasteiger partial charge in [0.2, 0.25) is 5.82 Å². The van der Waals surface area contributed by atoms with Crippen LogP contribution in [0.1, 0.15) is 5.56 Å². The summed E-state index contributed by atoms with van der Waals surface area (Å²) in [6.07, 6.45) is 2.97. The van der Waals surface area contributed by atoms with Crippen molar-refractivity contribution in [1.29, 1.82) is 0 Å². The molecule has 6 nitrogen and oxygen atoms in total. The standard InChI is InChI=1S/C17H16BrFN4O2.ClH/c18-7-10-25-17(24)22-14-5-6-15(23-9-8-20-16(14)23)21-11-12-1-3-13(19)4-2-12;/h1-6,8-9,21H,7,10-11H2,(H,22,24);1H. The van der Waals surface area contributed by atoms with E-state index < -0.39 is 6.09 Å². The average molecular weight is 444 g/mol. The van der Waals surface area contributed by atoms with Gasteiger partial charge < -0.3 is 17.1 Å². The fourth-order valence-corrected chi connectivity index (χ4v) is 2.58. The molecule has 1 aromatic carbocycles. The topological polar surface area (TPSA) is 72.2 Å². The number of nitrogens with one attached hydrogen (secondary N) is 1. The van der Waals surface area contributed by atoms with Gasteiger partial charge in [0.25, 0.3) is 0 Å². The highest BCUT2D eigenvalue weighted by Gasteiger charge is 2.12. The lowest BCUT2D eigenvalue weighted by atomic mass is 10.2. The number of hydrogen-bond donors (Lipinski definition) is 2. The number of rotatable bonds is 6. The Bertz CT molecular complexity index is 873. The van der Waals surface area contributed by atoms with Gasteiger partial charge in [0, 0.05) is 29.4 Å². The molecule has 2 heterocycles. The second kappa shape index (κ2) is 9.51. The number of anilines is 1. The van der Waals surface area contributed by atoms with Crippen LogP contribution in [-0.2, 0) is 11.3 Å². The molecule has 9 heteroatoms. The van der Waals surface area contributed by atoms with Crippen LogP contribution < -0.4 is 23.0 Å². The summed E-state index contributed by atoms with van der Waals surface area (Å²) in [5.74, 6) is 0.680. The molecule has 1 amide bonds. The van der Waals surface area contributed by atoms with Gasteiger partial charge in [0.1, 0.15) is 19.0 Å². The van der Waals surface area contributed by atoms with Crippen LogP contribution in [0.5, 0.6) is 0 Å². The number of hydrogen-bond acceptors (Lipinski definition) is 3. The largest absolute Gasteiger partial charge is 1.00 e. The molecule has 0 saturated heterocycles. The quantitative estimate of drug-likeness (QED) is 0.519. The lowest BCUT2D eigenvalue weighted by Gasteiger charge is -2.09. The van der Waals surface area contributed by atoms with Crippen LogP contribution in [0.3, 0.4) is 0 Å². The molecule has 0 aliphatic heterocycles. The zero-order chi connectivity index (χ0) is 17.6. The third-order valence-electron chi connectivity index (χ3n) is 3.59. The Kier molecular flexibility index (Phi) is 7.38. The Labute approximate surface area is 164 Å². The van der Waals surface area contributed by atoms with Gasteiger partial charge in [-0.3, -0.25) is 15.0 Å². The van der Waals surface area contributed by atoms with Crippen molar-refractivity contribution in [1.82, 2.24) is 9.38 Å². The Balaban J connectivity index is 0.00000243. The van der Waals surface area contributed by atoms with Gasteiger partial charge in [-0.25, -0.2) is 14.2 Å². The van der Waals surface area contributed by atoms with E-state index in [0.717, 1.165) is 11.4 Å². The van der Waals surface area contributed by atoms with E-state index in [0.29, 0.717) is 29.8 Å². The first-order valence-corrected chi connectivity index (χ1v) is 8.83. The van der Waals surface area contributed by atoms with Crippen molar-refractivity contribution in [3.05, 3.63) is 60.2 Å². The third kappa shape index (κ3) is 4.94. The number of halogens is 3. The smallest absolute Gasteiger partial charge is 0.411 e. The molecule has 0 spiro atoms. The van der Waals surface area contributed by atoms with Gasteiger partial charge in [-0.05, 0) is 18.2 Å². The van der Waals surface area contributed by atoms with Crippen molar-refractivity contribution in [2.45, 2.75) is 6.54 Å². The number of carbonyl (C=O) groups is 1. The van der Waals surface area contributed by atoms with Crippen LogP contribution in [0.15, 0.2) is 48.8 Å². The minimum atomic E-state index is -0.521. The lowest BCUT2D eigenvalue weighted by molar-refractivity contribution is -0.592. The molecular weight excluding hydrogens is 427 g/mol. The van der Waals surface area contributed by atoms with Gasteiger partial charge in [0.05, 0.1) is 5.69 Å². The van der Waals surface area contributed by atoms with Crippen molar-refractivity contribution in [3.63, 3.8) is 0 Å². The Morgan fingerprint density at radius 1 is 1.27 bits per heavy atom. The van der Waals surface area contributed by atoms with Crippen LogP contribution in [0, 0.1) is 5.82 Å². The molecule has 3 N–H and O–H groups in total. The molecular formula is C17H17BrClFN4O2. The number of carbonyl (C=O) groups excluding carboxylic acids is 1. The number of fused-ring (bicyclic) bond motifs is 1. The molecule has 0 aliphatic carbocycles. The SMILES string of the molecule is O=C(Nc1ccc([NH2+]Cc2ccc(F)cc2)n2ccnc12)OCCBr.[Cl-]. The summed E-state index contributed by atoms with van der Waals surface area (Å²) in [5.41, 5.74) is 2.21. The second-order valence-electron chi connectivity index (χ2n) is 5.28. The summed E-state index contributed by atoms with van der Waals surface area (Å²) in [6.45, 7) is 0.952. The summed E-state index contributed by atoms with van der Waals surface area (Å²) >= 11 is 3.20. The summed E-state index contributed by atoms with van der Waals surface area (Å²) in [4.78, 5) is 16.0. The molecule has 138 valence electrons. The molecule has 0 atom stereocenters. The molecule has 0 saturated carbocycles. The zero-order valence-electron chi connectivity index (χ0n) is 13.7. The summed E-state index contributed by atoms with van der Waals surface area (Å²) in [6, 6.07) is 10.1. The number of imidazole rings is 1. The average Bonchev–Trinajstić information content (AvgIpc) is 3.11. The fourth-order valence-electron chi connectivity index (χ4n) is 2.42. The van der Waals surface area contributed by atoms with Crippen molar-refractivity contribution >= 4 is 39.2 Å². The minimum absolute atomic E-state index is 0. The number of pyridine rings is 1. The molecule has 0 radical (unpaired) electrons. The van der Waals surface area contributed by atoms with Crippen LogP contribution in [0.2, 0.25) is 0 Å². The maximum atomic E-state index is 13.0. The van der Waals surface area contributed by atoms with E-state index >= 15 is 0 Å². The molecule has 0 bridgehead atoms. The van der Waals surface area contributed by atoms with Crippen LogP contribution >= 0.6 is 15.9 Å². The molecule has 26 heavy (non-hydrogen) atoms. The monoisotopic (exact) mass is 442 g/mol. The number of nitrogens with zero attached hydrogens (tertiary/aromatic N) is 2. The first-order valence-electron chi connectivity index (χ1n) is 7.71. The fraction of sp³-hybridized carbons (Fsp3) is 0.176. The van der Waals surface area contributed by atoms with Gasteiger partial charge in [-0.1, -0.05) is 28.1 Å². The molecule has 0 fully saturated rings. The lowest BCUT2D eigenvalue weighted by Crippen LogP contribution is -3.00. The summed E-state index contributed by atoms with van der Waals surface area (Å²) in [5, 5.41) is 5.29. The van der Waals surface area contributed by atoms with E-state index in [1.54, 1.807) is 24.4 Å². The number of nitrogens with two attached hydrogens (primary N) is 1. The first kappa shape index (κ1) is 20.2. The van der Waals surface area contributed by atoms with E-state index in [1.807, 2.05) is 22.0 Å². The minimum Gasteiger partial charge on any atom is -1.00 e. The van der Waals surface area contributed by atoms with Crippen molar-refractivity contribution in [2.24, 2.45) is 0 Å². The maximum Gasteiger partial charge on any atom is 0.411 e. The van der Waals surface area contributed by atoms with E-state index in [2.05, 4.69) is 26.2 Å². The summed E-state index contributed by atoms with van der Waals surface area (Å²) in [7, 11) is 0. The number of amides is 1. The van der Waals surface area contributed by atoms with Crippen molar-refractivity contribution in [3.8, 4) is 0 Å². The Morgan fingerprint density at radius 2 is 2.04 bits per heavy atom. The maximum absolute atomic E-state index is 13.0. The number of ether oxygens (including phenoxy) is 1. The van der Waals surface area contributed by atoms with Crippen LogP contribution in [-0.4, -0.2) is 27.4 Å². The number of aromatic nitrogens is 2. The normalized spacial score (nSPS) is 10.4. The van der Waals surface area contributed by atoms with Gasteiger partial charge in [-0.15, -0.1) is 0 Å². The van der Waals surface area contributed by atoms with Crippen molar-refractivity contribution in [2.75, 3.05) is 17.3 Å². The Morgan fingerprint density at radius 3 is 2.77 bits per heavy atom. The predicted molar refractivity (Wildman–Crippen MR) is 95.6 cm³/mol. The van der Waals surface area contributed by atoms with E-state index in [4.69, 9.17) is 4.74 Å². The molecule has 3 aromatic rings. The third-order valence-corrected chi connectivity index (χ3v) is 3.91. The zero-order valence-corrected chi connectivity index (χ0v) is 16.0. The predicted octanol–water partition coefficient (Wildman–Crippen LogP) is -0.184. The first-order chi connectivity index (χ1) is 12.2. The van der Waals surface area contributed by atoms with Gasteiger partial charge in [0.15, 0.2) is 5.65 Å². The van der Waals surface area contributed by atoms with E-state index in [-0.39, 0.29) is 18.2 Å². The second-order valence-corrected chi connectivity index (χ2v) is 6.07. The number of alkyl halides is 1. The highest BCUT2D eigenvalue weighted by Crippen LogP contribution is 2.18. The molecule has 0 aliphatic rings. The van der Waals surface area contributed by atoms with Crippen molar-refractivity contribution < 1.29 is 31.6 Å². The van der Waals surface area contributed by atoms with Gasteiger partial charge >= 0.3 is 6.09 Å². The molecule has 3 rings (SSSR count). The highest BCUT2D eigenvalue weighted by molar-refractivity contribution is 9.09. The molecule has 2 aromatic heterocycles. The van der Waals surface area contributed by atoms with Gasteiger partial charge in [-0.2, -0.15) is 0 Å². The Hall–Kier alpha value is -2.16.